The van der Waals surface area contributed by atoms with E-state index in [1.165, 1.54) is 11.1 Å². The van der Waals surface area contributed by atoms with Gasteiger partial charge in [-0.2, -0.15) is 0 Å². The number of carbonyl (C=O) groups is 1. The number of fused-ring (bicyclic) bond motifs is 1. The van der Waals surface area contributed by atoms with Gasteiger partial charge in [0.2, 0.25) is 0 Å². The molecular formula is C18H20N2O2. The Hall–Kier alpha value is -2.49. The monoisotopic (exact) mass is 296 g/mol. The van der Waals surface area contributed by atoms with Gasteiger partial charge in [0.25, 0.3) is 0 Å². The molecule has 0 fully saturated rings. The van der Waals surface area contributed by atoms with Gasteiger partial charge in [0, 0.05) is 11.8 Å². The molecule has 4 nitrogen and oxygen atoms in total. The summed E-state index contributed by atoms with van der Waals surface area (Å²) in [7, 11) is 1.61. The lowest BCUT2D eigenvalue weighted by Gasteiger charge is -2.26. The number of methoxy groups -OCH3 is 1. The molecule has 0 aliphatic heterocycles. The number of hydrogen-bond acceptors (Lipinski definition) is 2. The van der Waals surface area contributed by atoms with Gasteiger partial charge in [-0.3, -0.25) is 0 Å². The lowest BCUT2D eigenvalue weighted by Crippen LogP contribution is -2.34. The molecule has 2 aromatic carbocycles. The van der Waals surface area contributed by atoms with Gasteiger partial charge in [-0.1, -0.05) is 30.3 Å². The third-order valence-corrected chi connectivity index (χ3v) is 4.00. The van der Waals surface area contributed by atoms with Crippen molar-refractivity contribution in [2.24, 2.45) is 0 Å². The third-order valence-electron chi connectivity index (χ3n) is 4.00. The molecule has 1 aliphatic carbocycles. The van der Waals surface area contributed by atoms with Crippen LogP contribution in [0.4, 0.5) is 10.5 Å². The summed E-state index contributed by atoms with van der Waals surface area (Å²) in [6.07, 6.45) is 3.16. The zero-order valence-electron chi connectivity index (χ0n) is 12.6. The summed E-state index contributed by atoms with van der Waals surface area (Å²) < 4.78 is 5.16. The largest absolute Gasteiger partial charge is 0.497 e. The summed E-state index contributed by atoms with van der Waals surface area (Å²) in [4.78, 5) is 12.2. The average molecular weight is 296 g/mol. The van der Waals surface area contributed by atoms with E-state index < -0.39 is 0 Å². The smallest absolute Gasteiger partial charge is 0.319 e. The molecule has 1 atom stereocenters. The number of nitrogens with one attached hydrogen (secondary N) is 2. The molecule has 0 saturated heterocycles. The SMILES string of the molecule is COc1cccc(NC(=O)N[C@H]2CCCc3ccccc32)c1. The summed E-state index contributed by atoms with van der Waals surface area (Å²) in [6, 6.07) is 15.6. The van der Waals surface area contributed by atoms with Crippen molar-refractivity contribution in [2.75, 3.05) is 12.4 Å². The highest BCUT2D eigenvalue weighted by Gasteiger charge is 2.21. The zero-order valence-corrected chi connectivity index (χ0v) is 12.6. The molecule has 114 valence electrons. The van der Waals surface area contributed by atoms with Crippen LogP contribution in [0.1, 0.15) is 30.0 Å². The Morgan fingerprint density at radius 1 is 1.18 bits per heavy atom. The molecule has 0 saturated carbocycles. The number of aryl methyl sites for hydroxylation is 1. The van der Waals surface area contributed by atoms with Gasteiger partial charge in [0.15, 0.2) is 0 Å². The molecule has 0 bridgehead atoms. The van der Waals surface area contributed by atoms with Gasteiger partial charge < -0.3 is 15.4 Å². The molecule has 2 amide bonds. The second-order valence-electron chi connectivity index (χ2n) is 5.47. The molecule has 0 aromatic heterocycles. The second kappa shape index (κ2) is 6.52. The first-order chi connectivity index (χ1) is 10.8. The van der Waals surface area contributed by atoms with Gasteiger partial charge in [-0.15, -0.1) is 0 Å². The van der Waals surface area contributed by atoms with E-state index in [1.54, 1.807) is 13.2 Å². The number of rotatable bonds is 3. The molecule has 0 heterocycles. The lowest BCUT2D eigenvalue weighted by molar-refractivity contribution is 0.247. The minimum absolute atomic E-state index is 0.0792. The van der Waals surface area contributed by atoms with Gasteiger partial charge in [-0.25, -0.2) is 4.79 Å². The quantitative estimate of drug-likeness (QED) is 0.902. The van der Waals surface area contributed by atoms with Gasteiger partial charge >= 0.3 is 6.03 Å². The van der Waals surface area contributed by atoms with Crippen LogP contribution in [0, 0.1) is 0 Å². The van der Waals surface area contributed by atoms with Gasteiger partial charge in [-0.05, 0) is 42.5 Å². The Kier molecular flexibility index (Phi) is 4.28. The van der Waals surface area contributed by atoms with Crippen molar-refractivity contribution in [3.63, 3.8) is 0 Å². The van der Waals surface area contributed by atoms with Crippen molar-refractivity contribution >= 4 is 11.7 Å². The van der Waals surface area contributed by atoms with Crippen molar-refractivity contribution in [3.05, 3.63) is 59.7 Å². The van der Waals surface area contributed by atoms with E-state index in [2.05, 4.69) is 28.8 Å². The molecule has 0 unspecified atom stereocenters. The predicted octanol–water partition coefficient (Wildman–Crippen LogP) is 3.89. The molecule has 2 N–H and O–H groups in total. The van der Waals surface area contributed by atoms with E-state index in [4.69, 9.17) is 4.74 Å². The fraction of sp³-hybridized carbons (Fsp3) is 0.278. The molecule has 1 aliphatic rings. The van der Waals surface area contributed by atoms with Crippen LogP contribution in [0.2, 0.25) is 0 Å². The van der Waals surface area contributed by atoms with Crippen molar-refractivity contribution in [1.82, 2.24) is 5.32 Å². The summed E-state index contributed by atoms with van der Waals surface area (Å²) in [5.74, 6) is 0.723. The van der Waals surface area contributed by atoms with E-state index in [1.807, 2.05) is 24.3 Å². The standard InChI is InChI=1S/C18H20N2O2/c1-22-15-9-5-8-14(12-15)19-18(21)20-17-11-4-7-13-6-2-3-10-16(13)17/h2-3,5-6,8-10,12,17H,4,7,11H2,1H3,(H2,19,20,21)/t17-/m0/s1. The molecule has 0 radical (unpaired) electrons. The molecule has 0 spiro atoms. The van der Waals surface area contributed by atoms with E-state index in [-0.39, 0.29) is 12.1 Å². The van der Waals surface area contributed by atoms with E-state index >= 15 is 0 Å². The van der Waals surface area contributed by atoms with Gasteiger partial charge in [0.05, 0.1) is 13.2 Å². The Labute approximate surface area is 130 Å². The maximum absolute atomic E-state index is 12.2. The second-order valence-corrected chi connectivity index (χ2v) is 5.47. The Balaban J connectivity index is 1.67. The molecule has 22 heavy (non-hydrogen) atoms. The highest BCUT2D eigenvalue weighted by molar-refractivity contribution is 5.89. The first-order valence-corrected chi connectivity index (χ1v) is 7.55. The number of anilines is 1. The number of benzene rings is 2. The van der Waals surface area contributed by atoms with Crippen LogP contribution in [-0.4, -0.2) is 13.1 Å². The molecule has 4 heteroatoms. The van der Waals surface area contributed by atoms with E-state index in [0.717, 1.165) is 30.7 Å². The van der Waals surface area contributed by atoms with Crippen molar-refractivity contribution in [3.8, 4) is 5.75 Å². The minimum Gasteiger partial charge on any atom is -0.497 e. The lowest BCUT2D eigenvalue weighted by atomic mass is 9.88. The number of urea groups is 1. The van der Waals surface area contributed by atoms with E-state index in [9.17, 15) is 4.79 Å². The van der Waals surface area contributed by atoms with Crippen LogP contribution >= 0.6 is 0 Å². The van der Waals surface area contributed by atoms with Crippen LogP contribution in [0.25, 0.3) is 0 Å². The summed E-state index contributed by atoms with van der Waals surface area (Å²) >= 11 is 0. The van der Waals surface area contributed by atoms with Crippen LogP contribution in [0.5, 0.6) is 5.75 Å². The molecular weight excluding hydrogens is 276 g/mol. The minimum atomic E-state index is -0.185. The fourth-order valence-electron chi connectivity index (χ4n) is 2.93. The predicted molar refractivity (Wildman–Crippen MR) is 87.3 cm³/mol. The molecule has 2 aromatic rings. The fourth-order valence-corrected chi connectivity index (χ4v) is 2.93. The maximum Gasteiger partial charge on any atom is 0.319 e. The Morgan fingerprint density at radius 3 is 2.91 bits per heavy atom. The number of amides is 2. The number of hydrogen-bond donors (Lipinski definition) is 2. The summed E-state index contributed by atoms with van der Waals surface area (Å²) in [6.45, 7) is 0. The maximum atomic E-state index is 12.2. The summed E-state index contributed by atoms with van der Waals surface area (Å²) in [5.41, 5.74) is 3.29. The topological polar surface area (TPSA) is 50.4 Å². The summed E-state index contributed by atoms with van der Waals surface area (Å²) in [5, 5.41) is 5.93. The first kappa shape index (κ1) is 14.4. The number of ether oxygens (including phenoxy) is 1. The average Bonchev–Trinajstić information content (AvgIpc) is 2.55. The van der Waals surface area contributed by atoms with Crippen LogP contribution in [0.15, 0.2) is 48.5 Å². The Morgan fingerprint density at radius 2 is 2.05 bits per heavy atom. The van der Waals surface area contributed by atoms with E-state index in [0.29, 0.717) is 0 Å². The first-order valence-electron chi connectivity index (χ1n) is 7.55. The number of carbonyl (C=O) groups excluding carboxylic acids is 1. The Bertz CT molecular complexity index is 670. The van der Waals surface area contributed by atoms with Crippen molar-refractivity contribution < 1.29 is 9.53 Å². The third kappa shape index (κ3) is 3.22. The normalized spacial score (nSPS) is 16.5. The van der Waals surface area contributed by atoms with Crippen molar-refractivity contribution in [2.45, 2.75) is 25.3 Å². The van der Waals surface area contributed by atoms with Crippen LogP contribution in [0.3, 0.4) is 0 Å². The highest BCUT2D eigenvalue weighted by Crippen LogP contribution is 2.29. The van der Waals surface area contributed by atoms with Gasteiger partial charge in [0.1, 0.15) is 5.75 Å². The highest BCUT2D eigenvalue weighted by atomic mass is 16.5. The molecule has 3 rings (SSSR count). The van der Waals surface area contributed by atoms with Crippen LogP contribution in [-0.2, 0) is 6.42 Å². The zero-order chi connectivity index (χ0) is 15.4. The van der Waals surface area contributed by atoms with Crippen molar-refractivity contribution in [1.29, 1.82) is 0 Å². The van der Waals surface area contributed by atoms with Crippen LogP contribution < -0.4 is 15.4 Å².